The first-order chi connectivity index (χ1) is 8.20. The summed E-state index contributed by atoms with van der Waals surface area (Å²) >= 11 is 1.52. The number of hydrogen-bond acceptors (Lipinski definition) is 3. The highest BCUT2D eigenvalue weighted by Gasteiger charge is 2.08. The average molecular weight is 254 g/mol. The summed E-state index contributed by atoms with van der Waals surface area (Å²) < 4.78 is 24.8. The van der Waals surface area contributed by atoms with E-state index >= 15 is 0 Å². The van der Waals surface area contributed by atoms with Crippen LogP contribution < -0.4 is 5.32 Å². The van der Waals surface area contributed by atoms with Gasteiger partial charge in [-0.15, -0.1) is 11.3 Å². The van der Waals surface area contributed by atoms with E-state index in [1.807, 2.05) is 12.4 Å². The minimum Gasteiger partial charge on any atom is -0.314 e. The van der Waals surface area contributed by atoms with Crippen LogP contribution in [0.3, 0.4) is 0 Å². The smallest absolute Gasteiger partial charge is 0.263 e. The quantitative estimate of drug-likeness (QED) is 0.903. The van der Waals surface area contributed by atoms with Gasteiger partial charge < -0.3 is 5.32 Å². The van der Waals surface area contributed by atoms with Crippen molar-refractivity contribution in [1.29, 1.82) is 0 Å². The van der Waals surface area contributed by atoms with Gasteiger partial charge in [-0.1, -0.05) is 24.3 Å². The van der Waals surface area contributed by atoms with Crippen molar-refractivity contribution in [3.8, 4) is 10.6 Å². The molecule has 0 aliphatic rings. The number of aromatic nitrogens is 1. The summed E-state index contributed by atoms with van der Waals surface area (Å²) in [5, 5.41) is 5.84. The van der Waals surface area contributed by atoms with E-state index in [9.17, 15) is 8.78 Å². The number of benzene rings is 1. The van der Waals surface area contributed by atoms with E-state index in [2.05, 4.69) is 10.3 Å². The van der Waals surface area contributed by atoms with E-state index in [0.717, 1.165) is 16.3 Å². The van der Waals surface area contributed by atoms with Gasteiger partial charge in [0.15, 0.2) is 0 Å². The van der Waals surface area contributed by atoms with Crippen molar-refractivity contribution >= 4 is 11.3 Å². The predicted molar refractivity (Wildman–Crippen MR) is 65.3 cm³/mol. The maximum Gasteiger partial charge on any atom is 0.263 e. The molecule has 0 aliphatic heterocycles. The van der Waals surface area contributed by atoms with Gasteiger partial charge in [0, 0.05) is 23.1 Å². The Balaban J connectivity index is 2.21. The Morgan fingerprint density at radius 3 is 2.59 bits per heavy atom. The molecule has 1 N–H and O–H groups in total. The second-order valence-electron chi connectivity index (χ2n) is 3.60. The highest BCUT2D eigenvalue weighted by molar-refractivity contribution is 7.13. The zero-order valence-electron chi connectivity index (χ0n) is 9.28. The van der Waals surface area contributed by atoms with E-state index in [1.54, 1.807) is 12.1 Å². The molecule has 2 rings (SSSR count). The predicted octanol–water partition coefficient (Wildman–Crippen LogP) is 3.47. The van der Waals surface area contributed by atoms with Gasteiger partial charge in [-0.25, -0.2) is 13.8 Å². The fourth-order valence-corrected chi connectivity index (χ4v) is 2.30. The fourth-order valence-electron chi connectivity index (χ4n) is 1.47. The third-order valence-corrected chi connectivity index (χ3v) is 3.26. The Morgan fingerprint density at radius 2 is 2.00 bits per heavy atom. The Hall–Kier alpha value is -1.33. The Labute approximate surface area is 102 Å². The molecule has 0 atom stereocenters. The molecule has 0 saturated carbocycles. The molecule has 0 bridgehead atoms. The summed E-state index contributed by atoms with van der Waals surface area (Å²) in [5.41, 5.74) is 1.88. The van der Waals surface area contributed by atoms with Gasteiger partial charge in [0.1, 0.15) is 5.01 Å². The van der Waals surface area contributed by atoms with Crippen molar-refractivity contribution in [3.05, 3.63) is 40.9 Å². The van der Waals surface area contributed by atoms with Crippen molar-refractivity contribution in [2.24, 2.45) is 0 Å². The summed E-state index contributed by atoms with van der Waals surface area (Å²) in [6.45, 7) is 0.714. The number of halogens is 2. The second kappa shape index (κ2) is 5.33. The number of thiazole rings is 1. The molecule has 0 fully saturated rings. The monoisotopic (exact) mass is 254 g/mol. The molecule has 0 saturated heterocycles. The third kappa shape index (κ3) is 2.87. The molecule has 5 heteroatoms. The van der Waals surface area contributed by atoms with Gasteiger partial charge in [-0.3, -0.25) is 0 Å². The number of nitrogens with zero attached hydrogens (tertiary/aromatic N) is 1. The second-order valence-corrected chi connectivity index (χ2v) is 4.46. The zero-order chi connectivity index (χ0) is 12.3. The summed E-state index contributed by atoms with van der Waals surface area (Å²) in [6, 6.07) is 6.26. The van der Waals surface area contributed by atoms with Crippen molar-refractivity contribution in [2.45, 2.75) is 13.0 Å². The van der Waals surface area contributed by atoms with Crippen LogP contribution in [0.15, 0.2) is 29.6 Å². The topological polar surface area (TPSA) is 24.9 Å². The van der Waals surface area contributed by atoms with Crippen LogP contribution in [0.5, 0.6) is 0 Å². The first kappa shape index (κ1) is 12.1. The first-order valence-electron chi connectivity index (χ1n) is 5.18. The van der Waals surface area contributed by atoms with Gasteiger partial charge in [-0.2, -0.15) is 0 Å². The van der Waals surface area contributed by atoms with E-state index < -0.39 is 6.43 Å². The van der Waals surface area contributed by atoms with E-state index in [1.165, 1.54) is 23.5 Å². The van der Waals surface area contributed by atoms with Gasteiger partial charge in [0.2, 0.25) is 0 Å². The van der Waals surface area contributed by atoms with E-state index in [4.69, 9.17) is 0 Å². The summed E-state index contributed by atoms with van der Waals surface area (Å²) in [4.78, 5) is 4.41. The first-order valence-corrected chi connectivity index (χ1v) is 6.06. The molecule has 90 valence electrons. The molecule has 2 nitrogen and oxygen atoms in total. The molecular formula is C12H12F2N2S. The van der Waals surface area contributed by atoms with Crippen LogP contribution >= 0.6 is 11.3 Å². The van der Waals surface area contributed by atoms with Gasteiger partial charge in [0.25, 0.3) is 6.43 Å². The largest absolute Gasteiger partial charge is 0.314 e. The van der Waals surface area contributed by atoms with Crippen LogP contribution in [-0.4, -0.2) is 12.0 Å². The highest BCUT2D eigenvalue weighted by atomic mass is 32.1. The van der Waals surface area contributed by atoms with Crippen LogP contribution in [0.4, 0.5) is 8.78 Å². The number of hydrogen-bond donors (Lipinski definition) is 1. The van der Waals surface area contributed by atoms with Gasteiger partial charge >= 0.3 is 0 Å². The van der Waals surface area contributed by atoms with Crippen LogP contribution in [0.1, 0.15) is 17.7 Å². The molecule has 1 aromatic heterocycles. The molecule has 2 aromatic rings. The summed E-state index contributed by atoms with van der Waals surface area (Å²) in [6.07, 6.45) is -2.42. The van der Waals surface area contributed by atoms with E-state index in [0.29, 0.717) is 6.54 Å². The molecule has 1 aromatic carbocycles. The SMILES string of the molecule is CNCc1csc(-c2ccc(C(F)F)cc2)n1. The number of rotatable bonds is 4. The number of nitrogens with one attached hydrogen (secondary N) is 1. The maximum atomic E-state index is 12.4. The lowest BCUT2D eigenvalue weighted by molar-refractivity contribution is 0.151. The normalized spacial score (nSPS) is 11.1. The Bertz CT molecular complexity index is 480. The van der Waals surface area contributed by atoms with Crippen LogP contribution in [-0.2, 0) is 6.54 Å². The minimum atomic E-state index is -2.42. The molecule has 0 aliphatic carbocycles. The minimum absolute atomic E-state index is 0.0424. The third-order valence-electron chi connectivity index (χ3n) is 2.32. The van der Waals surface area contributed by atoms with Crippen LogP contribution in [0.25, 0.3) is 10.6 Å². The Kier molecular flexibility index (Phi) is 3.81. The van der Waals surface area contributed by atoms with Gasteiger partial charge in [-0.05, 0) is 7.05 Å². The van der Waals surface area contributed by atoms with Crippen molar-refractivity contribution < 1.29 is 8.78 Å². The van der Waals surface area contributed by atoms with Crippen LogP contribution in [0.2, 0.25) is 0 Å². The van der Waals surface area contributed by atoms with E-state index in [-0.39, 0.29) is 5.56 Å². The molecule has 0 spiro atoms. The lowest BCUT2D eigenvalue weighted by atomic mass is 10.1. The van der Waals surface area contributed by atoms with Crippen molar-refractivity contribution in [3.63, 3.8) is 0 Å². The molecule has 0 amide bonds. The lowest BCUT2D eigenvalue weighted by Crippen LogP contribution is -2.04. The number of alkyl halides is 2. The molecule has 1 heterocycles. The zero-order valence-corrected chi connectivity index (χ0v) is 10.1. The summed E-state index contributed by atoms with van der Waals surface area (Å²) in [7, 11) is 1.86. The maximum absolute atomic E-state index is 12.4. The fraction of sp³-hybridized carbons (Fsp3) is 0.250. The molecular weight excluding hydrogens is 242 g/mol. The van der Waals surface area contributed by atoms with Crippen LogP contribution in [0, 0.1) is 0 Å². The highest BCUT2D eigenvalue weighted by Crippen LogP contribution is 2.26. The standard InChI is InChI=1S/C12H12F2N2S/c1-15-6-10-7-17-12(16-10)9-4-2-8(3-5-9)11(13)14/h2-5,7,11,15H,6H2,1H3. The van der Waals surface area contributed by atoms with Crippen molar-refractivity contribution in [1.82, 2.24) is 10.3 Å². The van der Waals surface area contributed by atoms with Gasteiger partial charge in [0.05, 0.1) is 5.69 Å². The Morgan fingerprint density at radius 1 is 1.29 bits per heavy atom. The lowest BCUT2D eigenvalue weighted by Gasteiger charge is -2.00. The molecule has 0 unspecified atom stereocenters. The summed E-state index contributed by atoms with van der Waals surface area (Å²) in [5.74, 6) is 0. The van der Waals surface area contributed by atoms with Crippen molar-refractivity contribution in [2.75, 3.05) is 7.05 Å². The molecule has 0 radical (unpaired) electrons. The average Bonchev–Trinajstić information content (AvgIpc) is 2.78. The molecule has 17 heavy (non-hydrogen) atoms.